The lowest BCUT2D eigenvalue weighted by Crippen LogP contribution is -2.35. The van der Waals surface area contributed by atoms with Crippen molar-refractivity contribution >= 4 is 54.5 Å². The van der Waals surface area contributed by atoms with E-state index in [2.05, 4.69) is 0 Å². The molecule has 130 valence electrons. The van der Waals surface area contributed by atoms with Gasteiger partial charge < -0.3 is 0 Å². The molecular formula is C19H16BClN2O3. The number of halogens is 1. The maximum Gasteiger partial charge on any atom is 0.343 e. The Hall–Kier alpha value is -2.86. The summed E-state index contributed by atoms with van der Waals surface area (Å²) in [5.74, 6) is -1.09. The molecule has 0 aliphatic carbocycles. The molecule has 0 N–H and O–H groups in total. The first kappa shape index (κ1) is 18.0. The zero-order valence-electron chi connectivity index (χ0n) is 14.6. The first-order chi connectivity index (χ1) is 12.3. The number of carbonyl (C=O) groups excluding carboxylic acids is 3. The largest absolute Gasteiger partial charge is 0.343 e. The summed E-state index contributed by atoms with van der Waals surface area (Å²) in [5.41, 5.74) is 2.95. The van der Waals surface area contributed by atoms with E-state index in [0.717, 1.165) is 26.4 Å². The van der Waals surface area contributed by atoms with E-state index in [1.54, 1.807) is 18.2 Å². The number of aryl methyl sites for hydroxylation is 1. The fourth-order valence-electron chi connectivity index (χ4n) is 2.83. The highest BCUT2D eigenvalue weighted by atomic mass is 35.5. The van der Waals surface area contributed by atoms with Gasteiger partial charge in [0, 0.05) is 11.9 Å². The summed E-state index contributed by atoms with van der Waals surface area (Å²) >= 11 is 6.06. The molecule has 0 radical (unpaired) electrons. The van der Waals surface area contributed by atoms with Crippen molar-refractivity contribution in [2.45, 2.75) is 13.8 Å². The van der Waals surface area contributed by atoms with Crippen LogP contribution in [0.5, 0.6) is 0 Å². The lowest BCUT2D eigenvalue weighted by atomic mass is 9.95. The highest BCUT2D eigenvalue weighted by Crippen LogP contribution is 2.31. The standard InChI is InChI=1S/C19H16BClN2O3/c1-11-7-15(21)10-16(8-11)23-18(25)17(22(12(2)24)19(23)26)9-13-3-5-14(20)6-4-13/h3-10H,20H2,1-2H3/b17-9+. The van der Waals surface area contributed by atoms with Crippen LogP contribution in [0.15, 0.2) is 48.2 Å². The van der Waals surface area contributed by atoms with Crippen LogP contribution in [0, 0.1) is 6.92 Å². The molecule has 1 heterocycles. The quantitative estimate of drug-likeness (QED) is 0.465. The molecule has 26 heavy (non-hydrogen) atoms. The Morgan fingerprint density at radius 1 is 1.12 bits per heavy atom. The summed E-state index contributed by atoms with van der Waals surface area (Å²) in [6.45, 7) is 3.06. The topological polar surface area (TPSA) is 57.7 Å². The summed E-state index contributed by atoms with van der Waals surface area (Å²) in [5, 5.41) is 0.408. The van der Waals surface area contributed by atoms with Crippen LogP contribution in [0.3, 0.4) is 0 Å². The molecular weight excluding hydrogens is 350 g/mol. The van der Waals surface area contributed by atoms with E-state index in [0.29, 0.717) is 10.7 Å². The lowest BCUT2D eigenvalue weighted by molar-refractivity contribution is -0.125. The summed E-state index contributed by atoms with van der Waals surface area (Å²) in [4.78, 5) is 39.6. The van der Waals surface area contributed by atoms with Gasteiger partial charge >= 0.3 is 6.03 Å². The maximum absolute atomic E-state index is 12.9. The van der Waals surface area contributed by atoms with Crippen LogP contribution < -0.4 is 10.4 Å². The van der Waals surface area contributed by atoms with Gasteiger partial charge in [-0.25, -0.2) is 14.6 Å². The second kappa shape index (κ2) is 6.80. The van der Waals surface area contributed by atoms with E-state index in [1.807, 2.05) is 39.0 Å². The number of nitrogens with zero attached hydrogens (tertiary/aromatic N) is 2. The molecule has 1 aliphatic rings. The van der Waals surface area contributed by atoms with E-state index in [-0.39, 0.29) is 5.70 Å². The van der Waals surface area contributed by atoms with Crippen molar-refractivity contribution in [3.63, 3.8) is 0 Å². The molecule has 0 bridgehead atoms. The predicted molar refractivity (Wildman–Crippen MR) is 104 cm³/mol. The van der Waals surface area contributed by atoms with E-state index in [1.165, 1.54) is 13.0 Å². The van der Waals surface area contributed by atoms with Crippen LogP contribution in [0.4, 0.5) is 10.5 Å². The Bertz CT molecular complexity index is 934. The van der Waals surface area contributed by atoms with Crippen molar-refractivity contribution in [2.75, 3.05) is 4.90 Å². The first-order valence-electron chi connectivity index (χ1n) is 8.02. The molecule has 0 saturated carbocycles. The van der Waals surface area contributed by atoms with Crippen LogP contribution >= 0.6 is 11.6 Å². The number of urea groups is 1. The number of rotatable bonds is 2. The van der Waals surface area contributed by atoms with Gasteiger partial charge in [-0.05, 0) is 42.3 Å². The average molecular weight is 367 g/mol. The van der Waals surface area contributed by atoms with E-state index in [4.69, 9.17) is 11.6 Å². The van der Waals surface area contributed by atoms with Crippen molar-refractivity contribution in [1.29, 1.82) is 0 Å². The fourth-order valence-corrected chi connectivity index (χ4v) is 3.11. The third-order valence-electron chi connectivity index (χ3n) is 4.03. The van der Waals surface area contributed by atoms with Crippen molar-refractivity contribution < 1.29 is 14.4 Å². The monoisotopic (exact) mass is 366 g/mol. The molecule has 3 rings (SSSR count). The summed E-state index contributed by atoms with van der Waals surface area (Å²) < 4.78 is 0. The summed E-state index contributed by atoms with van der Waals surface area (Å²) in [6, 6.07) is 11.7. The average Bonchev–Trinajstić information content (AvgIpc) is 2.79. The Balaban J connectivity index is 2.10. The number of benzene rings is 2. The fraction of sp³-hybridized carbons (Fsp3) is 0.105. The third kappa shape index (κ3) is 3.28. The smallest absolute Gasteiger partial charge is 0.274 e. The second-order valence-corrected chi connectivity index (χ2v) is 6.64. The SMILES string of the molecule is Bc1ccc(/C=C2\C(=O)N(c3cc(C)cc(Cl)c3)C(=O)N2C(C)=O)cc1. The van der Waals surface area contributed by atoms with E-state index in [9.17, 15) is 14.4 Å². The summed E-state index contributed by atoms with van der Waals surface area (Å²) in [6.07, 6.45) is 1.54. The van der Waals surface area contributed by atoms with E-state index < -0.39 is 17.8 Å². The normalized spacial score (nSPS) is 15.9. The van der Waals surface area contributed by atoms with Crippen molar-refractivity contribution in [3.05, 3.63) is 64.3 Å². The Morgan fingerprint density at radius 2 is 1.77 bits per heavy atom. The predicted octanol–water partition coefficient (Wildman–Crippen LogP) is 2.26. The van der Waals surface area contributed by atoms with Gasteiger partial charge in [-0.3, -0.25) is 9.59 Å². The third-order valence-corrected chi connectivity index (χ3v) is 4.24. The van der Waals surface area contributed by atoms with Crippen molar-refractivity contribution in [2.24, 2.45) is 0 Å². The second-order valence-electron chi connectivity index (χ2n) is 6.20. The van der Waals surface area contributed by atoms with Gasteiger partial charge in [0.2, 0.25) is 5.91 Å². The molecule has 2 aromatic rings. The van der Waals surface area contributed by atoms with Gasteiger partial charge in [-0.1, -0.05) is 41.3 Å². The molecule has 0 spiro atoms. The first-order valence-corrected chi connectivity index (χ1v) is 8.40. The molecule has 0 atom stereocenters. The molecule has 1 fully saturated rings. The van der Waals surface area contributed by atoms with Crippen LogP contribution in [0.2, 0.25) is 5.02 Å². The Morgan fingerprint density at radius 3 is 2.35 bits per heavy atom. The maximum atomic E-state index is 12.9. The van der Waals surface area contributed by atoms with E-state index >= 15 is 0 Å². The van der Waals surface area contributed by atoms with Gasteiger partial charge in [0.15, 0.2) is 0 Å². The Labute approximate surface area is 157 Å². The van der Waals surface area contributed by atoms with Crippen molar-refractivity contribution in [3.8, 4) is 0 Å². The van der Waals surface area contributed by atoms with Crippen molar-refractivity contribution in [1.82, 2.24) is 4.90 Å². The van der Waals surface area contributed by atoms with Gasteiger partial charge in [0.1, 0.15) is 13.5 Å². The van der Waals surface area contributed by atoms with Gasteiger partial charge in [-0.15, -0.1) is 0 Å². The molecule has 1 aliphatic heterocycles. The van der Waals surface area contributed by atoms with Gasteiger partial charge in [-0.2, -0.15) is 0 Å². The Kier molecular flexibility index (Phi) is 4.70. The molecule has 7 heteroatoms. The number of anilines is 1. The summed E-state index contributed by atoms with van der Waals surface area (Å²) in [7, 11) is 1.95. The van der Waals surface area contributed by atoms with Crippen LogP contribution in [0.1, 0.15) is 18.1 Å². The van der Waals surface area contributed by atoms with Crippen LogP contribution in [-0.2, 0) is 9.59 Å². The number of amides is 4. The highest BCUT2D eigenvalue weighted by molar-refractivity contribution is 6.34. The lowest BCUT2D eigenvalue weighted by Gasteiger charge is -2.15. The zero-order chi connectivity index (χ0) is 19.0. The number of carbonyl (C=O) groups is 3. The minimum Gasteiger partial charge on any atom is -0.274 e. The van der Waals surface area contributed by atoms with Crippen LogP contribution in [0.25, 0.3) is 6.08 Å². The van der Waals surface area contributed by atoms with Gasteiger partial charge in [0.25, 0.3) is 5.91 Å². The number of hydrogen-bond donors (Lipinski definition) is 0. The van der Waals surface area contributed by atoms with Gasteiger partial charge in [0.05, 0.1) is 5.69 Å². The molecule has 2 aromatic carbocycles. The molecule has 0 aromatic heterocycles. The number of imide groups is 2. The molecule has 5 nitrogen and oxygen atoms in total. The zero-order valence-corrected chi connectivity index (χ0v) is 15.4. The minimum absolute atomic E-state index is 0.0176. The highest BCUT2D eigenvalue weighted by Gasteiger charge is 2.44. The molecule has 1 saturated heterocycles. The molecule has 0 unspecified atom stereocenters. The molecule has 4 amide bonds. The number of hydrogen-bond acceptors (Lipinski definition) is 3. The van der Waals surface area contributed by atoms with Crippen LogP contribution in [-0.4, -0.2) is 30.6 Å². The minimum atomic E-state index is -0.706.